The van der Waals surface area contributed by atoms with Crippen molar-refractivity contribution in [1.29, 1.82) is 0 Å². The fourth-order valence-electron chi connectivity index (χ4n) is 2.48. The number of aryl methyl sites for hydroxylation is 2. The standard InChI is InChI=1S/C21H21FN2O5/c1-13-7-8-14(2)15(11-13)18(25)9-10-20(27)29-12-19(26)24-21(28)23-17-6-4-3-5-16(17)22/h3-8,11H,9-10,12H2,1-2H3,(H2,23,24,26,28). The molecule has 0 saturated heterocycles. The molecule has 0 unspecified atom stereocenters. The van der Waals surface area contributed by atoms with Gasteiger partial charge in [-0.05, 0) is 37.6 Å². The molecule has 152 valence electrons. The van der Waals surface area contributed by atoms with Crippen LogP contribution in [0.4, 0.5) is 14.9 Å². The molecule has 3 amide bonds. The van der Waals surface area contributed by atoms with Gasteiger partial charge in [0.25, 0.3) is 5.91 Å². The van der Waals surface area contributed by atoms with Gasteiger partial charge in [0.15, 0.2) is 12.4 Å². The summed E-state index contributed by atoms with van der Waals surface area (Å²) in [6, 6.07) is 9.96. The van der Waals surface area contributed by atoms with Crippen LogP contribution in [-0.2, 0) is 14.3 Å². The van der Waals surface area contributed by atoms with E-state index in [2.05, 4.69) is 5.32 Å². The van der Waals surface area contributed by atoms with Crippen LogP contribution in [0, 0.1) is 19.7 Å². The highest BCUT2D eigenvalue weighted by molar-refractivity contribution is 6.02. The van der Waals surface area contributed by atoms with E-state index in [0.29, 0.717) is 5.56 Å². The van der Waals surface area contributed by atoms with E-state index in [1.807, 2.05) is 31.3 Å². The third-order valence-corrected chi connectivity index (χ3v) is 3.99. The van der Waals surface area contributed by atoms with E-state index in [1.54, 1.807) is 6.07 Å². The highest BCUT2D eigenvalue weighted by Gasteiger charge is 2.15. The minimum Gasteiger partial charge on any atom is -0.456 e. The van der Waals surface area contributed by atoms with Crippen LogP contribution in [0.5, 0.6) is 0 Å². The van der Waals surface area contributed by atoms with Gasteiger partial charge < -0.3 is 10.1 Å². The van der Waals surface area contributed by atoms with Crippen LogP contribution in [0.25, 0.3) is 0 Å². The van der Waals surface area contributed by atoms with Crippen molar-refractivity contribution in [2.75, 3.05) is 11.9 Å². The highest BCUT2D eigenvalue weighted by Crippen LogP contribution is 2.14. The van der Waals surface area contributed by atoms with Gasteiger partial charge in [0, 0.05) is 12.0 Å². The maximum absolute atomic E-state index is 13.4. The summed E-state index contributed by atoms with van der Waals surface area (Å²) >= 11 is 0. The number of hydrogen-bond donors (Lipinski definition) is 2. The van der Waals surface area contributed by atoms with E-state index in [1.165, 1.54) is 18.2 Å². The Kier molecular flexibility index (Phi) is 7.59. The molecule has 29 heavy (non-hydrogen) atoms. The van der Waals surface area contributed by atoms with Crippen LogP contribution < -0.4 is 10.6 Å². The van der Waals surface area contributed by atoms with Gasteiger partial charge in [0.2, 0.25) is 0 Å². The molecule has 2 aromatic rings. The zero-order chi connectivity index (χ0) is 21.4. The molecular formula is C21H21FN2O5. The third-order valence-electron chi connectivity index (χ3n) is 3.99. The number of Topliss-reactive ketones (excluding diaryl/α,β-unsaturated/α-hetero) is 1. The molecule has 0 aliphatic heterocycles. The van der Waals surface area contributed by atoms with E-state index < -0.39 is 30.3 Å². The quantitative estimate of drug-likeness (QED) is 0.549. The number of benzene rings is 2. The Hall–Kier alpha value is -3.55. The molecule has 2 N–H and O–H groups in total. The number of rotatable bonds is 7. The number of carbonyl (C=O) groups is 4. The number of ether oxygens (including phenoxy) is 1. The molecule has 0 spiro atoms. The lowest BCUT2D eigenvalue weighted by molar-refractivity contribution is -0.148. The van der Waals surface area contributed by atoms with Crippen LogP contribution in [0.2, 0.25) is 0 Å². The van der Waals surface area contributed by atoms with Gasteiger partial charge in [-0.2, -0.15) is 0 Å². The summed E-state index contributed by atoms with van der Waals surface area (Å²) < 4.78 is 18.2. The zero-order valence-electron chi connectivity index (χ0n) is 16.1. The van der Waals surface area contributed by atoms with E-state index in [-0.39, 0.29) is 24.3 Å². The molecule has 0 aliphatic carbocycles. The summed E-state index contributed by atoms with van der Waals surface area (Å²) in [5.41, 5.74) is 2.20. The largest absolute Gasteiger partial charge is 0.456 e. The SMILES string of the molecule is Cc1ccc(C)c(C(=O)CCC(=O)OCC(=O)NC(=O)Nc2ccccc2F)c1. The summed E-state index contributed by atoms with van der Waals surface area (Å²) in [7, 11) is 0. The van der Waals surface area contributed by atoms with Crippen molar-refractivity contribution in [3.05, 3.63) is 65.0 Å². The van der Waals surface area contributed by atoms with Crippen LogP contribution in [0.3, 0.4) is 0 Å². The number of hydrogen-bond acceptors (Lipinski definition) is 5. The van der Waals surface area contributed by atoms with Crippen molar-refractivity contribution < 1.29 is 28.3 Å². The second-order valence-electron chi connectivity index (χ2n) is 6.38. The summed E-state index contributed by atoms with van der Waals surface area (Å²) in [4.78, 5) is 47.3. The number of carbonyl (C=O) groups excluding carboxylic acids is 4. The number of urea groups is 1. The lowest BCUT2D eigenvalue weighted by Gasteiger charge is -2.08. The zero-order valence-corrected chi connectivity index (χ0v) is 16.1. The second-order valence-corrected chi connectivity index (χ2v) is 6.38. The smallest absolute Gasteiger partial charge is 0.326 e. The number of esters is 1. The fraction of sp³-hybridized carbons (Fsp3) is 0.238. The van der Waals surface area contributed by atoms with Gasteiger partial charge in [0.05, 0.1) is 12.1 Å². The summed E-state index contributed by atoms with van der Waals surface area (Å²) in [5.74, 6) is -2.48. The van der Waals surface area contributed by atoms with Gasteiger partial charge in [-0.1, -0.05) is 29.8 Å². The van der Waals surface area contributed by atoms with Gasteiger partial charge in [0.1, 0.15) is 5.82 Å². The fourth-order valence-corrected chi connectivity index (χ4v) is 2.48. The molecule has 0 fully saturated rings. The number of anilines is 1. The number of halogens is 1. The van der Waals surface area contributed by atoms with Crippen molar-refractivity contribution >= 4 is 29.4 Å². The Balaban J connectivity index is 1.73. The predicted octanol–water partition coefficient (Wildman–Crippen LogP) is 3.30. The van der Waals surface area contributed by atoms with Crippen molar-refractivity contribution in [3.63, 3.8) is 0 Å². The first-order valence-corrected chi connectivity index (χ1v) is 8.87. The van der Waals surface area contributed by atoms with Gasteiger partial charge in [-0.25, -0.2) is 9.18 Å². The summed E-state index contributed by atoms with van der Waals surface area (Å²) in [6.45, 7) is 2.98. The predicted molar refractivity (Wildman–Crippen MR) is 104 cm³/mol. The average molecular weight is 400 g/mol. The molecule has 0 radical (unpaired) electrons. The number of amides is 3. The first kappa shape index (κ1) is 21.7. The minimum absolute atomic E-state index is 0.0570. The molecule has 0 atom stereocenters. The van der Waals surface area contributed by atoms with Crippen LogP contribution in [0.15, 0.2) is 42.5 Å². The highest BCUT2D eigenvalue weighted by atomic mass is 19.1. The second kappa shape index (κ2) is 10.1. The van der Waals surface area contributed by atoms with E-state index >= 15 is 0 Å². The van der Waals surface area contributed by atoms with Gasteiger partial charge >= 0.3 is 12.0 Å². The number of imide groups is 1. The molecule has 2 aromatic carbocycles. The van der Waals surface area contributed by atoms with Gasteiger partial charge in [-0.3, -0.25) is 19.7 Å². The number of para-hydroxylation sites is 1. The molecule has 0 aromatic heterocycles. The molecule has 8 heteroatoms. The summed E-state index contributed by atoms with van der Waals surface area (Å²) in [5, 5.41) is 4.08. The first-order chi connectivity index (χ1) is 13.8. The molecule has 0 saturated carbocycles. The maximum Gasteiger partial charge on any atom is 0.326 e. The van der Waals surface area contributed by atoms with Crippen LogP contribution >= 0.6 is 0 Å². The van der Waals surface area contributed by atoms with Crippen molar-refractivity contribution in [2.24, 2.45) is 0 Å². The Labute approximate surface area is 167 Å². The molecular weight excluding hydrogens is 379 g/mol. The monoisotopic (exact) mass is 400 g/mol. The van der Waals surface area contributed by atoms with Crippen LogP contribution in [-0.4, -0.2) is 30.3 Å². The number of nitrogens with one attached hydrogen (secondary N) is 2. The normalized spacial score (nSPS) is 10.2. The van der Waals surface area contributed by atoms with E-state index in [0.717, 1.165) is 17.2 Å². The Morgan fingerprint density at radius 3 is 2.45 bits per heavy atom. The summed E-state index contributed by atoms with van der Waals surface area (Å²) in [6.07, 6.45) is -0.251. The Morgan fingerprint density at radius 1 is 1.00 bits per heavy atom. The van der Waals surface area contributed by atoms with E-state index in [9.17, 15) is 23.6 Å². The molecule has 0 bridgehead atoms. The molecule has 2 rings (SSSR count). The Bertz CT molecular complexity index is 942. The average Bonchev–Trinajstić information content (AvgIpc) is 2.68. The van der Waals surface area contributed by atoms with E-state index in [4.69, 9.17) is 4.74 Å². The van der Waals surface area contributed by atoms with Crippen molar-refractivity contribution in [2.45, 2.75) is 26.7 Å². The van der Waals surface area contributed by atoms with Gasteiger partial charge in [-0.15, -0.1) is 0 Å². The van der Waals surface area contributed by atoms with Crippen molar-refractivity contribution in [1.82, 2.24) is 5.32 Å². The first-order valence-electron chi connectivity index (χ1n) is 8.87. The van der Waals surface area contributed by atoms with Crippen molar-refractivity contribution in [3.8, 4) is 0 Å². The topological polar surface area (TPSA) is 102 Å². The third kappa shape index (κ3) is 6.84. The molecule has 0 heterocycles. The van der Waals surface area contributed by atoms with Crippen LogP contribution in [0.1, 0.15) is 34.3 Å². The lowest BCUT2D eigenvalue weighted by atomic mass is 9.99. The molecule has 0 aliphatic rings. The lowest BCUT2D eigenvalue weighted by Crippen LogP contribution is -2.37. The molecule has 7 nitrogen and oxygen atoms in total. The number of ketones is 1. The minimum atomic E-state index is -0.957. The maximum atomic E-state index is 13.4. The Morgan fingerprint density at radius 2 is 1.72 bits per heavy atom.